The van der Waals surface area contributed by atoms with E-state index in [0.717, 1.165) is 34.8 Å². The van der Waals surface area contributed by atoms with Crippen molar-refractivity contribution >= 4 is 45.0 Å². The van der Waals surface area contributed by atoms with Crippen LogP contribution in [0.5, 0.6) is 0 Å². The second-order valence-corrected chi connectivity index (χ2v) is 9.68. The van der Waals surface area contributed by atoms with E-state index in [4.69, 9.17) is 9.97 Å². The quantitative estimate of drug-likeness (QED) is 0.599. The van der Waals surface area contributed by atoms with Gasteiger partial charge in [-0.3, -0.25) is 9.89 Å². The van der Waals surface area contributed by atoms with Crippen LogP contribution in [0.1, 0.15) is 35.8 Å². The molecule has 1 saturated heterocycles. The average molecular weight is 410 g/mol. The number of nitrogens with one attached hydrogen (secondary N) is 3. The van der Waals surface area contributed by atoms with Crippen LogP contribution in [0.25, 0.3) is 10.2 Å². The zero-order valence-corrected chi connectivity index (χ0v) is 17.2. The van der Waals surface area contributed by atoms with Gasteiger partial charge in [-0.15, -0.1) is 11.3 Å². The molecule has 3 atom stereocenters. The Morgan fingerprint density at radius 3 is 2.97 bits per heavy atom. The first-order valence-electron chi connectivity index (χ1n) is 10.2. The number of aromatic nitrogens is 4. The van der Waals surface area contributed by atoms with Crippen LogP contribution >= 0.6 is 11.3 Å². The number of amides is 1. The third-order valence-electron chi connectivity index (χ3n) is 6.27. The molecule has 3 aromatic rings. The lowest BCUT2D eigenvalue weighted by molar-refractivity contribution is -0.122. The molecule has 9 heteroatoms. The van der Waals surface area contributed by atoms with Crippen LogP contribution in [0.4, 0.5) is 17.6 Å². The van der Waals surface area contributed by atoms with Crippen molar-refractivity contribution in [1.82, 2.24) is 25.5 Å². The van der Waals surface area contributed by atoms with Crippen LogP contribution in [0.3, 0.4) is 0 Å². The summed E-state index contributed by atoms with van der Waals surface area (Å²) < 4.78 is 1.02. The predicted octanol–water partition coefficient (Wildman–Crippen LogP) is 2.91. The third kappa shape index (κ3) is 2.87. The van der Waals surface area contributed by atoms with Gasteiger partial charge >= 0.3 is 0 Å². The Bertz CT molecular complexity index is 1120. The normalized spacial score (nSPS) is 25.3. The molecular formula is C20H23N7OS. The van der Waals surface area contributed by atoms with E-state index in [1.165, 1.54) is 23.4 Å². The Labute approximate surface area is 172 Å². The number of thiophene rings is 1. The first-order valence-corrected chi connectivity index (χ1v) is 11.0. The summed E-state index contributed by atoms with van der Waals surface area (Å²) >= 11 is 1.67. The molecule has 2 aliphatic carbocycles. The second-order valence-electron chi connectivity index (χ2n) is 8.42. The van der Waals surface area contributed by atoms with Gasteiger partial charge < -0.3 is 15.5 Å². The number of piperidine rings is 1. The zero-order chi connectivity index (χ0) is 19.7. The highest BCUT2D eigenvalue weighted by Crippen LogP contribution is 2.50. The Balaban J connectivity index is 1.39. The SMILES string of the molecule is CNC(=O)[C@@H]1[C@@H]2C[C@@H]2CN1c1nc(Nc2cc(C3CC3)[nH]n2)c2sc(C)cc2n1. The van der Waals surface area contributed by atoms with E-state index < -0.39 is 0 Å². The maximum absolute atomic E-state index is 12.5. The standard InChI is InChI=1S/C20H23N7OS/c1-9-5-14-17(29-9)18(23-15-7-13(25-26-15)10-3-4-10)24-20(22-14)27-8-11-6-12(11)16(27)19(28)21-2/h5,7,10-12,16H,3-4,6,8H2,1-2H3,(H,21,28)(H2,22,23,24,25,26)/t11-,12-,16+/m1/s1. The summed E-state index contributed by atoms with van der Waals surface area (Å²) in [4.78, 5) is 25.5. The molecule has 3 aromatic heterocycles. The molecule has 2 saturated carbocycles. The van der Waals surface area contributed by atoms with Gasteiger partial charge in [-0.25, -0.2) is 4.98 Å². The highest BCUT2D eigenvalue weighted by atomic mass is 32.1. The largest absolute Gasteiger partial charge is 0.357 e. The smallest absolute Gasteiger partial charge is 0.242 e. The topological polar surface area (TPSA) is 98.8 Å². The van der Waals surface area contributed by atoms with Gasteiger partial charge in [0.15, 0.2) is 11.6 Å². The lowest BCUT2D eigenvalue weighted by Gasteiger charge is -2.26. The first kappa shape index (κ1) is 17.2. The van der Waals surface area contributed by atoms with E-state index in [1.54, 1.807) is 18.4 Å². The van der Waals surface area contributed by atoms with Crippen molar-refractivity contribution in [3.05, 3.63) is 22.7 Å². The third-order valence-corrected chi connectivity index (χ3v) is 7.31. The maximum atomic E-state index is 12.5. The van der Waals surface area contributed by atoms with Gasteiger partial charge in [0.05, 0.1) is 10.2 Å². The van der Waals surface area contributed by atoms with Crippen molar-refractivity contribution in [2.45, 2.75) is 38.1 Å². The van der Waals surface area contributed by atoms with E-state index in [2.05, 4.69) is 44.8 Å². The molecule has 3 fully saturated rings. The Morgan fingerprint density at radius 2 is 2.17 bits per heavy atom. The van der Waals surface area contributed by atoms with Gasteiger partial charge in [-0.2, -0.15) is 10.1 Å². The van der Waals surface area contributed by atoms with Crippen molar-refractivity contribution in [3.63, 3.8) is 0 Å². The van der Waals surface area contributed by atoms with Crippen molar-refractivity contribution < 1.29 is 4.79 Å². The molecule has 0 radical (unpaired) electrons. The van der Waals surface area contributed by atoms with Crippen LogP contribution in [0, 0.1) is 18.8 Å². The number of likely N-dealkylation sites (N-methyl/N-ethyl adjacent to an activating group) is 1. The highest BCUT2D eigenvalue weighted by Gasteiger charge is 2.56. The number of aryl methyl sites for hydroxylation is 1. The van der Waals surface area contributed by atoms with Crippen molar-refractivity contribution in [2.24, 2.45) is 11.8 Å². The van der Waals surface area contributed by atoms with Gasteiger partial charge in [-0.05, 0) is 44.1 Å². The molecule has 1 amide bonds. The molecular weight excluding hydrogens is 386 g/mol. The van der Waals surface area contributed by atoms with Gasteiger partial charge in [-0.1, -0.05) is 0 Å². The van der Waals surface area contributed by atoms with E-state index in [1.807, 2.05) is 0 Å². The lowest BCUT2D eigenvalue weighted by atomic mass is 10.2. The monoisotopic (exact) mass is 409 g/mol. The Kier molecular flexibility index (Phi) is 3.65. The molecule has 8 nitrogen and oxygen atoms in total. The first-order chi connectivity index (χ1) is 14.1. The van der Waals surface area contributed by atoms with Gasteiger partial charge in [0.25, 0.3) is 0 Å². The fourth-order valence-electron chi connectivity index (χ4n) is 4.53. The van der Waals surface area contributed by atoms with Gasteiger partial charge in [0.2, 0.25) is 11.9 Å². The van der Waals surface area contributed by atoms with E-state index in [-0.39, 0.29) is 11.9 Å². The number of rotatable bonds is 5. The molecule has 0 spiro atoms. The molecule has 4 heterocycles. The fourth-order valence-corrected chi connectivity index (χ4v) is 5.43. The second kappa shape index (κ2) is 6.16. The summed E-state index contributed by atoms with van der Waals surface area (Å²) in [7, 11) is 1.70. The molecule has 1 aliphatic heterocycles. The molecule has 3 aliphatic rings. The Hall–Kier alpha value is -2.68. The number of carbonyl (C=O) groups excluding carboxylic acids is 1. The summed E-state index contributed by atoms with van der Waals surface area (Å²) in [5, 5.41) is 13.8. The van der Waals surface area contributed by atoms with E-state index >= 15 is 0 Å². The van der Waals surface area contributed by atoms with Crippen LogP contribution in [0.15, 0.2) is 12.1 Å². The molecule has 0 aromatic carbocycles. The number of nitrogens with zero attached hydrogens (tertiary/aromatic N) is 4. The lowest BCUT2D eigenvalue weighted by Crippen LogP contribution is -2.45. The van der Waals surface area contributed by atoms with Crippen LogP contribution < -0.4 is 15.5 Å². The minimum Gasteiger partial charge on any atom is -0.357 e. The molecule has 3 N–H and O–H groups in total. The van der Waals surface area contributed by atoms with Crippen LogP contribution in [0.2, 0.25) is 0 Å². The van der Waals surface area contributed by atoms with E-state index in [0.29, 0.717) is 23.7 Å². The summed E-state index contributed by atoms with van der Waals surface area (Å²) in [6.07, 6.45) is 3.58. The van der Waals surface area contributed by atoms with Crippen molar-refractivity contribution in [3.8, 4) is 0 Å². The van der Waals surface area contributed by atoms with E-state index in [9.17, 15) is 4.79 Å². The fraction of sp³-hybridized carbons (Fsp3) is 0.500. The zero-order valence-electron chi connectivity index (χ0n) is 16.4. The maximum Gasteiger partial charge on any atom is 0.242 e. The van der Waals surface area contributed by atoms with Crippen molar-refractivity contribution in [1.29, 1.82) is 0 Å². The molecule has 0 unspecified atom stereocenters. The predicted molar refractivity (Wildman–Crippen MR) is 113 cm³/mol. The number of aromatic amines is 1. The number of H-pyrrole nitrogens is 1. The van der Waals surface area contributed by atoms with Crippen LogP contribution in [-0.2, 0) is 4.79 Å². The summed E-state index contributed by atoms with van der Waals surface area (Å²) in [6.45, 7) is 2.92. The molecule has 150 valence electrons. The van der Waals surface area contributed by atoms with Crippen LogP contribution in [-0.4, -0.2) is 45.7 Å². The molecule has 0 bridgehead atoms. The number of anilines is 3. The Morgan fingerprint density at radius 1 is 1.31 bits per heavy atom. The molecule has 6 rings (SSSR count). The highest BCUT2D eigenvalue weighted by molar-refractivity contribution is 7.19. The molecule has 29 heavy (non-hydrogen) atoms. The van der Waals surface area contributed by atoms with Gasteiger partial charge in [0, 0.05) is 36.1 Å². The number of carbonyl (C=O) groups is 1. The van der Waals surface area contributed by atoms with Crippen molar-refractivity contribution in [2.75, 3.05) is 23.8 Å². The number of fused-ring (bicyclic) bond motifs is 2. The summed E-state index contributed by atoms with van der Waals surface area (Å²) in [5.74, 6) is 3.82. The minimum absolute atomic E-state index is 0.0519. The minimum atomic E-state index is -0.179. The summed E-state index contributed by atoms with van der Waals surface area (Å²) in [5.41, 5.74) is 2.09. The van der Waals surface area contributed by atoms with Gasteiger partial charge in [0.1, 0.15) is 6.04 Å². The summed E-state index contributed by atoms with van der Waals surface area (Å²) in [6, 6.07) is 3.98. The number of hydrogen-bond acceptors (Lipinski definition) is 7. The average Bonchev–Trinajstić information content (AvgIpc) is 3.58. The number of hydrogen-bond donors (Lipinski definition) is 3.